The lowest BCUT2D eigenvalue weighted by atomic mass is 9.85. The number of methoxy groups -OCH3 is 1. The van der Waals surface area contributed by atoms with E-state index < -0.39 is 40.5 Å². The number of hydrogen-bond donors (Lipinski definition) is 3. The summed E-state index contributed by atoms with van der Waals surface area (Å²) in [6, 6.07) is 1.09. The molecule has 0 bridgehead atoms. The van der Waals surface area contributed by atoms with Crippen molar-refractivity contribution in [1.82, 2.24) is 0 Å². The molecule has 0 saturated carbocycles. The second-order valence-electron chi connectivity index (χ2n) is 4.94. The van der Waals surface area contributed by atoms with Crippen molar-refractivity contribution in [2.24, 2.45) is 0 Å². The van der Waals surface area contributed by atoms with Crippen molar-refractivity contribution < 1.29 is 34.4 Å². The van der Waals surface area contributed by atoms with E-state index in [2.05, 4.69) is 0 Å². The van der Waals surface area contributed by atoms with E-state index in [1.54, 1.807) is 0 Å². The first-order valence-corrected chi connectivity index (χ1v) is 6.42. The summed E-state index contributed by atoms with van der Waals surface area (Å²) in [5.74, 6) is -3.73. The molecule has 0 spiro atoms. The predicted octanol–water partition coefficient (Wildman–Crippen LogP) is 0.923. The number of Topliss-reactive ketones (excluding diaryl/α,β-unsaturated/α-hetero) is 1. The van der Waals surface area contributed by atoms with Gasteiger partial charge in [0.05, 0.1) is 29.9 Å². The number of carbonyl (C=O) groups is 3. The van der Waals surface area contributed by atoms with Gasteiger partial charge in [-0.2, -0.15) is 0 Å². The molecule has 1 aromatic carbocycles. The van der Waals surface area contributed by atoms with E-state index in [1.165, 1.54) is 14.0 Å². The van der Waals surface area contributed by atoms with E-state index in [0.717, 1.165) is 12.1 Å². The number of carbonyl (C=O) groups excluding carboxylic acids is 2. The lowest BCUT2D eigenvalue weighted by Gasteiger charge is -2.20. The third-order valence-corrected chi connectivity index (χ3v) is 3.30. The van der Waals surface area contributed by atoms with E-state index in [1.807, 2.05) is 0 Å². The van der Waals surface area contributed by atoms with Crippen LogP contribution in [0.2, 0.25) is 0 Å². The Morgan fingerprint density at radius 2 is 1.95 bits per heavy atom. The van der Waals surface area contributed by atoms with Crippen molar-refractivity contribution in [3.63, 3.8) is 0 Å². The first-order chi connectivity index (χ1) is 10.3. The van der Waals surface area contributed by atoms with Gasteiger partial charge in [-0.05, 0) is 25.0 Å². The normalized spacial score (nSPS) is 15.1. The Kier molecular flexibility index (Phi) is 4.01. The Morgan fingerprint density at radius 3 is 2.45 bits per heavy atom. The zero-order valence-electron chi connectivity index (χ0n) is 11.9. The number of phenols is 1. The number of benzene rings is 1. The molecule has 0 aliphatic heterocycles. The molecule has 3 N–H and O–H groups in total. The highest BCUT2D eigenvalue weighted by atomic mass is 16.5. The van der Waals surface area contributed by atoms with Crippen molar-refractivity contribution in [3.05, 3.63) is 40.2 Å². The van der Waals surface area contributed by atoms with E-state index in [9.17, 15) is 29.7 Å². The Hall–Kier alpha value is -2.67. The molecule has 1 atom stereocenters. The SMILES string of the molecule is COC1=CC(=O)c2c(O)cc(CC(C)O)c(C(=O)O)c2C1=O. The summed E-state index contributed by atoms with van der Waals surface area (Å²) in [7, 11) is 1.18. The molecule has 0 aromatic heterocycles. The molecular formula is C15H14O7. The maximum absolute atomic E-state index is 12.3. The fourth-order valence-electron chi connectivity index (χ4n) is 2.45. The number of carboxylic acid groups (broad SMARTS) is 1. The molecule has 1 unspecified atom stereocenters. The van der Waals surface area contributed by atoms with E-state index in [4.69, 9.17) is 4.74 Å². The van der Waals surface area contributed by atoms with Crippen LogP contribution in [0.25, 0.3) is 0 Å². The quantitative estimate of drug-likeness (QED) is 0.756. The zero-order valence-corrected chi connectivity index (χ0v) is 11.9. The number of ether oxygens (including phenoxy) is 1. The largest absolute Gasteiger partial charge is 0.507 e. The highest BCUT2D eigenvalue weighted by Crippen LogP contribution is 2.34. The van der Waals surface area contributed by atoms with Gasteiger partial charge < -0.3 is 20.1 Å². The molecular weight excluding hydrogens is 292 g/mol. The first kappa shape index (κ1) is 15.7. The molecule has 116 valence electrons. The van der Waals surface area contributed by atoms with Gasteiger partial charge in [0.25, 0.3) is 0 Å². The zero-order chi connectivity index (χ0) is 16.6. The summed E-state index contributed by atoms with van der Waals surface area (Å²) in [6.07, 6.45) is -0.0669. The number of aliphatic hydroxyl groups excluding tert-OH is 1. The number of aromatic carboxylic acids is 1. The Labute approximate surface area is 125 Å². The maximum atomic E-state index is 12.3. The Bertz CT molecular complexity index is 713. The van der Waals surface area contributed by atoms with Crippen LogP contribution in [0.15, 0.2) is 17.9 Å². The average Bonchev–Trinajstić information content (AvgIpc) is 2.40. The van der Waals surface area contributed by atoms with Crippen molar-refractivity contribution in [1.29, 1.82) is 0 Å². The predicted molar refractivity (Wildman–Crippen MR) is 74.2 cm³/mol. The number of allylic oxidation sites excluding steroid dienone is 2. The molecule has 0 heterocycles. The molecule has 1 aliphatic rings. The van der Waals surface area contributed by atoms with Crippen LogP contribution >= 0.6 is 0 Å². The second-order valence-corrected chi connectivity index (χ2v) is 4.94. The smallest absolute Gasteiger partial charge is 0.336 e. The van der Waals surface area contributed by atoms with E-state index in [-0.39, 0.29) is 23.3 Å². The number of aromatic hydroxyl groups is 1. The van der Waals surface area contributed by atoms with Crippen LogP contribution in [0.3, 0.4) is 0 Å². The number of phenolic OH excluding ortho intramolecular Hbond substituents is 1. The van der Waals surface area contributed by atoms with Gasteiger partial charge in [-0.3, -0.25) is 9.59 Å². The van der Waals surface area contributed by atoms with Crippen molar-refractivity contribution >= 4 is 17.5 Å². The van der Waals surface area contributed by atoms with Crippen LogP contribution < -0.4 is 0 Å². The van der Waals surface area contributed by atoms with Crippen molar-refractivity contribution in [2.45, 2.75) is 19.4 Å². The number of hydrogen-bond acceptors (Lipinski definition) is 6. The fraction of sp³-hybridized carbons (Fsp3) is 0.267. The highest BCUT2D eigenvalue weighted by molar-refractivity contribution is 6.27. The summed E-state index contributed by atoms with van der Waals surface area (Å²) in [6.45, 7) is 1.44. The monoisotopic (exact) mass is 306 g/mol. The standard InChI is InChI=1S/C15H14O7/c1-6(16)3-7-4-8(17)12-9(18)5-10(22-2)14(19)13(12)11(7)15(20)21/h4-6,16-17H,3H2,1-2H3,(H,20,21). The molecule has 1 aromatic rings. The lowest BCUT2D eigenvalue weighted by Crippen LogP contribution is -2.24. The van der Waals surface area contributed by atoms with Gasteiger partial charge in [0.1, 0.15) is 5.75 Å². The lowest BCUT2D eigenvalue weighted by molar-refractivity contribution is 0.0689. The molecule has 1 aliphatic carbocycles. The minimum absolute atomic E-state index is 0.0669. The van der Waals surface area contributed by atoms with Gasteiger partial charge in [-0.25, -0.2) is 4.79 Å². The summed E-state index contributed by atoms with van der Waals surface area (Å²) < 4.78 is 4.79. The van der Waals surface area contributed by atoms with Crippen LogP contribution in [0.5, 0.6) is 5.75 Å². The minimum Gasteiger partial charge on any atom is -0.507 e. The molecule has 2 rings (SSSR count). The van der Waals surface area contributed by atoms with Gasteiger partial charge in [0.15, 0.2) is 11.5 Å². The van der Waals surface area contributed by atoms with E-state index >= 15 is 0 Å². The summed E-state index contributed by atoms with van der Waals surface area (Å²) in [5, 5.41) is 28.8. The Morgan fingerprint density at radius 1 is 1.32 bits per heavy atom. The molecule has 0 saturated heterocycles. The number of carboxylic acids is 1. The summed E-state index contributed by atoms with van der Waals surface area (Å²) in [5.41, 5.74) is -1.11. The Balaban J connectivity index is 2.82. The number of aliphatic hydroxyl groups is 1. The fourth-order valence-corrected chi connectivity index (χ4v) is 2.45. The minimum atomic E-state index is -1.43. The molecule has 7 heteroatoms. The number of ketones is 2. The molecule has 0 fully saturated rings. The van der Waals surface area contributed by atoms with Crippen LogP contribution in [-0.2, 0) is 11.2 Å². The number of rotatable bonds is 4. The molecule has 0 amide bonds. The first-order valence-electron chi connectivity index (χ1n) is 6.42. The van der Waals surface area contributed by atoms with E-state index in [0.29, 0.717) is 0 Å². The van der Waals surface area contributed by atoms with Crippen LogP contribution in [0.1, 0.15) is 43.6 Å². The summed E-state index contributed by atoms with van der Waals surface area (Å²) in [4.78, 5) is 35.9. The molecule has 0 radical (unpaired) electrons. The van der Waals surface area contributed by atoms with Crippen LogP contribution in [0, 0.1) is 0 Å². The van der Waals surface area contributed by atoms with Gasteiger partial charge >= 0.3 is 5.97 Å². The van der Waals surface area contributed by atoms with Crippen LogP contribution in [0.4, 0.5) is 0 Å². The van der Waals surface area contributed by atoms with Gasteiger partial charge in [-0.15, -0.1) is 0 Å². The molecule has 7 nitrogen and oxygen atoms in total. The molecule has 22 heavy (non-hydrogen) atoms. The second kappa shape index (κ2) is 5.61. The van der Waals surface area contributed by atoms with Gasteiger partial charge in [0, 0.05) is 6.08 Å². The van der Waals surface area contributed by atoms with Crippen LogP contribution in [-0.4, -0.2) is 46.1 Å². The third-order valence-electron chi connectivity index (χ3n) is 3.30. The maximum Gasteiger partial charge on any atom is 0.336 e. The van der Waals surface area contributed by atoms with Gasteiger partial charge in [0.2, 0.25) is 5.78 Å². The van der Waals surface area contributed by atoms with Gasteiger partial charge in [-0.1, -0.05) is 0 Å². The third kappa shape index (κ3) is 2.46. The number of fused-ring (bicyclic) bond motifs is 1. The topological polar surface area (TPSA) is 121 Å². The van der Waals surface area contributed by atoms with Crippen molar-refractivity contribution in [3.8, 4) is 5.75 Å². The summed E-state index contributed by atoms with van der Waals surface area (Å²) >= 11 is 0. The van der Waals surface area contributed by atoms with Crippen molar-refractivity contribution in [2.75, 3.05) is 7.11 Å². The highest BCUT2D eigenvalue weighted by Gasteiger charge is 2.35. The average molecular weight is 306 g/mol.